The number of rotatable bonds is 5. The fourth-order valence-electron chi connectivity index (χ4n) is 4.11. The van der Waals surface area contributed by atoms with Gasteiger partial charge in [-0.1, -0.05) is 12.1 Å². The highest BCUT2D eigenvalue weighted by molar-refractivity contribution is 7.90. The molecule has 1 aliphatic rings. The van der Waals surface area contributed by atoms with Crippen LogP contribution < -0.4 is 15.8 Å². The number of benzene rings is 2. The Bertz CT molecular complexity index is 1220. The number of nitrogens with two attached hydrogens (primary N) is 1. The van der Waals surface area contributed by atoms with E-state index in [2.05, 4.69) is 10.3 Å². The molecule has 7 nitrogen and oxygen atoms in total. The first kappa shape index (κ1) is 21.4. The Balaban J connectivity index is 1.84. The molecule has 1 saturated carbocycles. The van der Waals surface area contributed by atoms with E-state index in [1.165, 1.54) is 19.6 Å². The normalized spacial score (nSPS) is 19.3. The van der Waals surface area contributed by atoms with Crippen LogP contribution in [-0.2, 0) is 9.84 Å². The van der Waals surface area contributed by atoms with Crippen molar-refractivity contribution in [3.8, 4) is 22.6 Å². The van der Waals surface area contributed by atoms with E-state index < -0.39 is 9.84 Å². The summed E-state index contributed by atoms with van der Waals surface area (Å²) in [5, 5.41) is 14.1. The van der Waals surface area contributed by atoms with Gasteiger partial charge in [-0.3, -0.25) is 4.98 Å². The first-order valence-electron chi connectivity index (χ1n) is 10.3. The minimum Gasteiger partial charge on any atom is -0.504 e. The molecule has 0 aliphatic heterocycles. The molecule has 0 bridgehead atoms. The van der Waals surface area contributed by atoms with Gasteiger partial charge < -0.3 is 20.9 Å². The molecule has 3 aromatic rings. The Hall–Kier alpha value is -2.84. The summed E-state index contributed by atoms with van der Waals surface area (Å²) < 4.78 is 30.3. The molecule has 0 spiro atoms. The van der Waals surface area contributed by atoms with Gasteiger partial charge in [0, 0.05) is 29.9 Å². The van der Waals surface area contributed by atoms with E-state index in [0.717, 1.165) is 42.2 Å². The molecule has 1 aliphatic carbocycles. The maximum atomic E-state index is 12.5. The van der Waals surface area contributed by atoms with Crippen LogP contribution in [0.15, 0.2) is 47.5 Å². The average Bonchev–Trinajstić information content (AvgIpc) is 2.74. The van der Waals surface area contributed by atoms with Gasteiger partial charge in [0.05, 0.1) is 18.3 Å². The van der Waals surface area contributed by atoms with Crippen molar-refractivity contribution in [1.29, 1.82) is 0 Å². The fraction of sp³-hybridized carbons (Fsp3) is 0.348. The molecule has 1 heterocycles. The van der Waals surface area contributed by atoms with Gasteiger partial charge in [0.25, 0.3) is 0 Å². The first-order chi connectivity index (χ1) is 14.8. The monoisotopic (exact) mass is 441 g/mol. The lowest BCUT2D eigenvalue weighted by atomic mass is 9.91. The van der Waals surface area contributed by atoms with Crippen molar-refractivity contribution in [2.24, 2.45) is 5.73 Å². The van der Waals surface area contributed by atoms with E-state index in [1.54, 1.807) is 18.2 Å². The molecule has 0 atom stereocenters. The number of methoxy groups -OCH3 is 1. The number of nitrogens with zero attached hydrogens (tertiary/aromatic N) is 1. The summed E-state index contributed by atoms with van der Waals surface area (Å²) in [5.41, 5.74) is 9.04. The van der Waals surface area contributed by atoms with Crippen LogP contribution in [0.4, 0.5) is 5.69 Å². The van der Waals surface area contributed by atoms with Crippen LogP contribution in [0.2, 0.25) is 0 Å². The maximum absolute atomic E-state index is 12.5. The number of hydrogen-bond donors (Lipinski definition) is 3. The number of ether oxygens (including phenoxy) is 1. The SMILES string of the molecule is COc1cc(-c2ccc3ncc(S(C)(=O)=O)c(NC4CCC(N)CC4)c3c2)ccc1O. The van der Waals surface area contributed by atoms with E-state index in [9.17, 15) is 13.5 Å². The van der Waals surface area contributed by atoms with Gasteiger partial charge >= 0.3 is 0 Å². The third-order valence-electron chi connectivity index (χ3n) is 5.87. The molecule has 1 fully saturated rings. The van der Waals surface area contributed by atoms with Gasteiger partial charge in [0.2, 0.25) is 0 Å². The van der Waals surface area contributed by atoms with Crippen LogP contribution in [0.1, 0.15) is 25.7 Å². The number of sulfone groups is 1. The average molecular weight is 442 g/mol. The Morgan fingerprint density at radius 1 is 1.10 bits per heavy atom. The van der Waals surface area contributed by atoms with Crippen LogP contribution >= 0.6 is 0 Å². The van der Waals surface area contributed by atoms with Crippen LogP contribution in [0, 0.1) is 0 Å². The Labute approximate surface area is 182 Å². The molecule has 4 N–H and O–H groups in total. The first-order valence-corrected chi connectivity index (χ1v) is 12.2. The second-order valence-electron chi connectivity index (χ2n) is 8.14. The van der Waals surface area contributed by atoms with Crippen molar-refractivity contribution in [3.05, 3.63) is 42.6 Å². The summed E-state index contributed by atoms with van der Waals surface area (Å²) in [4.78, 5) is 4.58. The second kappa shape index (κ2) is 8.36. The molecule has 0 saturated heterocycles. The van der Waals surface area contributed by atoms with Crippen molar-refractivity contribution < 1.29 is 18.3 Å². The highest BCUT2D eigenvalue weighted by Crippen LogP contribution is 2.36. The van der Waals surface area contributed by atoms with Crippen molar-refractivity contribution in [2.45, 2.75) is 42.7 Å². The molecule has 0 amide bonds. The zero-order valence-corrected chi connectivity index (χ0v) is 18.4. The predicted octanol–water partition coefficient (Wildman–Crippen LogP) is 3.70. The zero-order chi connectivity index (χ0) is 22.2. The van der Waals surface area contributed by atoms with Gasteiger partial charge in [0.1, 0.15) is 4.90 Å². The van der Waals surface area contributed by atoms with E-state index >= 15 is 0 Å². The molecule has 0 radical (unpaired) electrons. The molecule has 4 rings (SSSR count). The number of nitrogens with one attached hydrogen (secondary N) is 1. The summed E-state index contributed by atoms with van der Waals surface area (Å²) in [6.45, 7) is 0. The second-order valence-corrected chi connectivity index (χ2v) is 10.1. The van der Waals surface area contributed by atoms with Gasteiger partial charge in [-0.2, -0.15) is 0 Å². The van der Waals surface area contributed by atoms with E-state index in [1.807, 2.05) is 18.2 Å². The largest absolute Gasteiger partial charge is 0.504 e. The minimum atomic E-state index is -3.48. The smallest absolute Gasteiger partial charge is 0.179 e. The zero-order valence-electron chi connectivity index (χ0n) is 17.6. The van der Waals surface area contributed by atoms with Crippen molar-refractivity contribution >= 4 is 26.4 Å². The third-order valence-corrected chi connectivity index (χ3v) is 6.97. The standard InChI is InChI=1S/C23H27N3O4S/c1-30-21-12-15(4-10-20(21)27)14-3-9-19-18(11-14)23(22(13-25-19)31(2,28)29)26-17-7-5-16(24)6-8-17/h3-4,9-13,16-17,27H,5-8,24H2,1-2H3,(H,25,26). The molecule has 31 heavy (non-hydrogen) atoms. The lowest BCUT2D eigenvalue weighted by molar-refractivity contribution is 0.373. The lowest BCUT2D eigenvalue weighted by Gasteiger charge is -2.28. The van der Waals surface area contributed by atoms with Crippen molar-refractivity contribution in [3.63, 3.8) is 0 Å². The van der Waals surface area contributed by atoms with Gasteiger partial charge in [0.15, 0.2) is 21.3 Å². The summed E-state index contributed by atoms with van der Waals surface area (Å²) in [5.74, 6) is 0.434. The number of fused-ring (bicyclic) bond motifs is 1. The number of hydrogen-bond acceptors (Lipinski definition) is 7. The summed E-state index contributed by atoms with van der Waals surface area (Å²) >= 11 is 0. The van der Waals surface area contributed by atoms with Crippen LogP contribution in [0.5, 0.6) is 11.5 Å². The van der Waals surface area contributed by atoms with Crippen molar-refractivity contribution in [1.82, 2.24) is 4.98 Å². The number of aromatic nitrogens is 1. The Morgan fingerprint density at radius 2 is 1.77 bits per heavy atom. The van der Waals surface area contributed by atoms with Crippen molar-refractivity contribution in [2.75, 3.05) is 18.7 Å². The fourth-order valence-corrected chi connectivity index (χ4v) is 4.89. The number of phenols is 1. The number of pyridine rings is 1. The predicted molar refractivity (Wildman–Crippen MR) is 122 cm³/mol. The van der Waals surface area contributed by atoms with E-state index in [0.29, 0.717) is 17.0 Å². The molecular formula is C23H27N3O4S. The number of phenolic OH excluding ortho intramolecular Hbond substituents is 1. The lowest BCUT2D eigenvalue weighted by Crippen LogP contribution is -2.33. The third kappa shape index (κ3) is 4.45. The minimum absolute atomic E-state index is 0.0610. The Kier molecular flexibility index (Phi) is 5.77. The molecule has 8 heteroatoms. The molecular weight excluding hydrogens is 414 g/mol. The quantitative estimate of drug-likeness (QED) is 0.553. The summed E-state index contributed by atoms with van der Waals surface area (Å²) in [6.07, 6.45) is 6.23. The molecule has 0 unspecified atom stereocenters. The van der Waals surface area contributed by atoms with Gasteiger partial charge in [-0.25, -0.2) is 8.42 Å². The van der Waals surface area contributed by atoms with Crippen LogP contribution in [0.3, 0.4) is 0 Å². The van der Waals surface area contributed by atoms with Gasteiger partial charge in [-0.15, -0.1) is 0 Å². The highest BCUT2D eigenvalue weighted by Gasteiger charge is 2.23. The number of aromatic hydroxyl groups is 1. The molecule has 164 valence electrons. The summed E-state index contributed by atoms with van der Waals surface area (Å²) in [7, 11) is -1.98. The Morgan fingerprint density at radius 3 is 2.45 bits per heavy atom. The van der Waals surface area contributed by atoms with E-state index in [4.69, 9.17) is 10.5 Å². The topological polar surface area (TPSA) is 115 Å². The van der Waals surface area contributed by atoms with Crippen LogP contribution in [0.25, 0.3) is 22.0 Å². The summed E-state index contributed by atoms with van der Waals surface area (Å²) in [6, 6.07) is 11.2. The maximum Gasteiger partial charge on any atom is 0.179 e. The number of anilines is 1. The van der Waals surface area contributed by atoms with Gasteiger partial charge in [-0.05, 0) is 61.1 Å². The molecule has 1 aromatic heterocycles. The highest BCUT2D eigenvalue weighted by atomic mass is 32.2. The molecule has 2 aromatic carbocycles. The van der Waals surface area contributed by atoms with Crippen LogP contribution in [-0.4, -0.2) is 44.0 Å². The van der Waals surface area contributed by atoms with E-state index in [-0.39, 0.29) is 22.7 Å².